The standard InChI is InChI=1S/C62H64O11/c1-41(63)52-53(64)50(57-61(70-39-48-30-18-8-19-31-48)59(68-37-46-26-14-6-15-27-46)55(42(2)72-57)66-35-44-22-10-4-11-23-44)34-51(54(52)65)58-62(71-40-49-32-20-9-21-33-49)60(69-38-47-28-16-7-17-29-47)56(43(3)73-58)67-36-45-24-12-5-13-25-45/h4-34,42-43,55-62,64-65H,35-40H2,1-3H3/t42?,43?,55-,56+,57-,58-,59?,60?,61?,62?/m1/s1. The third-order valence-corrected chi connectivity index (χ3v) is 13.5. The van der Waals surface area contributed by atoms with Gasteiger partial charge >= 0.3 is 0 Å². The number of phenolic OH excluding ortho intramolecular Hbond substituents is 2. The Labute approximate surface area is 428 Å². The van der Waals surface area contributed by atoms with Gasteiger partial charge in [0.1, 0.15) is 65.9 Å². The fourth-order valence-corrected chi connectivity index (χ4v) is 9.80. The molecule has 7 aromatic carbocycles. The van der Waals surface area contributed by atoms with Crippen LogP contribution in [0.5, 0.6) is 11.5 Å². The summed E-state index contributed by atoms with van der Waals surface area (Å²) in [6.07, 6.45) is -8.10. The largest absolute Gasteiger partial charge is 0.507 e. The minimum Gasteiger partial charge on any atom is -0.507 e. The maximum atomic E-state index is 13.9. The van der Waals surface area contributed by atoms with E-state index < -0.39 is 78.3 Å². The topological polar surface area (TPSA) is 131 Å². The number of hydrogen-bond acceptors (Lipinski definition) is 11. The van der Waals surface area contributed by atoms with Crippen molar-refractivity contribution in [1.82, 2.24) is 0 Å². The summed E-state index contributed by atoms with van der Waals surface area (Å²) in [6, 6.07) is 60.7. The average Bonchev–Trinajstić information content (AvgIpc) is 3.42. The molecule has 2 aliphatic heterocycles. The molecule has 6 unspecified atom stereocenters. The van der Waals surface area contributed by atoms with Gasteiger partial charge in [-0.3, -0.25) is 4.79 Å². The molecule has 2 N–H and O–H groups in total. The van der Waals surface area contributed by atoms with Crippen LogP contribution in [0.3, 0.4) is 0 Å². The van der Waals surface area contributed by atoms with E-state index in [0.717, 1.165) is 33.4 Å². The van der Waals surface area contributed by atoms with E-state index in [4.69, 9.17) is 37.9 Å². The molecule has 0 spiro atoms. The molecule has 0 amide bonds. The second kappa shape index (κ2) is 24.9. The Hall–Kier alpha value is -6.51. The van der Waals surface area contributed by atoms with Gasteiger partial charge in [0, 0.05) is 11.1 Å². The van der Waals surface area contributed by atoms with Crippen LogP contribution in [0, 0.1) is 0 Å². The number of benzene rings is 7. The van der Waals surface area contributed by atoms with Gasteiger partial charge in [0.05, 0.1) is 51.8 Å². The van der Waals surface area contributed by atoms with Gasteiger partial charge in [0.15, 0.2) is 5.78 Å². The summed E-state index contributed by atoms with van der Waals surface area (Å²) in [5.74, 6) is -1.47. The van der Waals surface area contributed by atoms with Crippen LogP contribution in [-0.4, -0.2) is 64.8 Å². The number of Topliss-reactive ketones (excluding diaryl/α,β-unsaturated/α-hetero) is 1. The Morgan fingerprint density at radius 2 is 0.616 bits per heavy atom. The lowest BCUT2D eigenvalue weighted by atomic mass is 9.84. The highest BCUT2D eigenvalue weighted by molar-refractivity contribution is 6.00. The van der Waals surface area contributed by atoms with Crippen LogP contribution in [0.4, 0.5) is 0 Å². The van der Waals surface area contributed by atoms with Crippen LogP contribution in [0.15, 0.2) is 188 Å². The van der Waals surface area contributed by atoms with Gasteiger partial charge in [-0.05, 0) is 60.2 Å². The van der Waals surface area contributed by atoms with Crippen molar-refractivity contribution in [3.63, 3.8) is 0 Å². The van der Waals surface area contributed by atoms with E-state index in [-0.39, 0.29) is 56.3 Å². The van der Waals surface area contributed by atoms with Gasteiger partial charge in [-0.25, -0.2) is 0 Å². The zero-order valence-corrected chi connectivity index (χ0v) is 41.5. The molecule has 0 bridgehead atoms. The first-order valence-electron chi connectivity index (χ1n) is 25.1. The van der Waals surface area contributed by atoms with E-state index in [1.54, 1.807) is 6.07 Å². The Morgan fingerprint density at radius 1 is 0.384 bits per heavy atom. The van der Waals surface area contributed by atoms with Crippen molar-refractivity contribution in [3.05, 3.63) is 238 Å². The molecule has 2 fully saturated rings. The van der Waals surface area contributed by atoms with Gasteiger partial charge in [0.2, 0.25) is 0 Å². The van der Waals surface area contributed by atoms with Crippen molar-refractivity contribution in [2.75, 3.05) is 0 Å². The second-order valence-electron chi connectivity index (χ2n) is 18.8. The van der Waals surface area contributed by atoms with Crippen molar-refractivity contribution >= 4 is 5.78 Å². The van der Waals surface area contributed by atoms with Gasteiger partial charge in [0.25, 0.3) is 0 Å². The molecule has 2 aliphatic rings. The summed E-state index contributed by atoms with van der Waals surface area (Å²) >= 11 is 0. The third-order valence-electron chi connectivity index (χ3n) is 13.5. The highest BCUT2D eigenvalue weighted by Gasteiger charge is 2.51. The summed E-state index contributed by atoms with van der Waals surface area (Å²) in [7, 11) is 0. The molecule has 378 valence electrons. The van der Waals surface area contributed by atoms with Crippen molar-refractivity contribution in [1.29, 1.82) is 0 Å². The first-order valence-corrected chi connectivity index (χ1v) is 25.1. The van der Waals surface area contributed by atoms with E-state index >= 15 is 0 Å². The molecule has 9 rings (SSSR count). The fourth-order valence-electron chi connectivity index (χ4n) is 9.80. The number of aromatic hydroxyl groups is 2. The number of rotatable bonds is 21. The summed E-state index contributed by atoms with van der Waals surface area (Å²) in [5, 5.41) is 24.9. The van der Waals surface area contributed by atoms with Crippen LogP contribution >= 0.6 is 0 Å². The van der Waals surface area contributed by atoms with Crippen LogP contribution in [0.1, 0.15) is 87.8 Å². The molecule has 10 atom stereocenters. The maximum Gasteiger partial charge on any atom is 0.167 e. The van der Waals surface area contributed by atoms with E-state index in [9.17, 15) is 15.0 Å². The number of carbonyl (C=O) groups excluding carboxylic acids is 1. The third kappa shape index (κ3) is 12.8. The summed E-state index contributed by atoms with van der Waals surface area (Å²) < 4.78 is 55.3. The summed E-state index contributed by atoms with van der Waals surface area (Å²) in [4.78, 5) is 13.9. The van der Waals surface area contributed by atoms with E-state index in [1.165, 1.54) is 6.92 Å². The molecule has 0 radical (unpaired) electrons. The Morgan fingerprint density at radius 3 is 0.863 bits per heavy atom. The molecule has 2 saturated heterocycles. The highest BCUT2D eigenvalue weighted by Crippen LogP contribution is 2.49. The van der Waals surface area contributed by atoms with E-state index in [0.29, 0.717) is 0 Å². The second-order valence-corrected chi connectivity index (χ2v) is 18.8. The van der Waals surface area contributed by atoms with Crippen molar-refractivity contribution in [3.8, 4) is 11.5 Å². The monoisotopic (exact) mass is 984 g/mol. The number of ether oxygens (including phenoxy) is 8. The van der Waals surface area contributed by atoms with E-state index in [1.807, 2.05) is 196 Å². The Bertz CT molecular complexity index is 2600. The number of ketones is 1. The number of carbonyl (C=O) groups is 1. The lowest BCUT2D eigenvalue weighted by molar-refractivity contribution is -0.265. The van der Waals surface area contributed by atoms with Crippen LogP contribution in [-0.2, 0) is 77.5 Å². The minimum absolute atomic E-state index is 0.158. The maximum absolute atomic E-state index is 13.9. The Balaban J connectivity index is 1.15. The van der Waals surface area contributed by atoms with Crippen molar-refractivity contribution in [2.45, 2.75) is 121 Å². The molecular weight excluding hydrogens is 921 g/mol. The van der Waals surface area contributed by atoms with E-state index in [2.05, 4.69) is 0 Å². The van der Waals surface area contributed by atoms with Gasteiger partial charge in [-0.1, -0.05) is 182 Å². The highest BCUT2D eigenvalue weighted by atomic mass is 16.6. The first-order chi connectivity index (χ1) is 35.7. The quantitative estimate of drug-likeness (QED) is 0.0667. The zero-order valence-electron chi connectivity index (χ0n) is 41.5. The summed E-state index contributed by atoms with van der Waals surface area (Å²) in [5.41, 5.74) is 5.71. The van der Waals surface area contributed by atoms with Gasteiger partial charge in [-0.15, -0.1) is 0 Å². The molecule has 11 nitrogen and oxygen atoms in total. The lowest BCUT2D eigenvalue weighted by Gasteiger charge is -2.47. The zero-order chi connectivity index (χ0) is 50.5. The first kappa shape index (κ1) is 51.4. The molecule has 11 heteroatoms. The SMILES string of the molecule is CC(=O)c1c(O)c([C@H]2OC(C)[C@@H](OCc3ccccc3)C(OCc3ccccc3)C2OCc2ccccc2)cc([C@H]2OC(C)[C@H](OCc3ccccc3)C(OCc3ccccc3)C2OCc2ccccc2)c1O. The fraction of sp³-hybridized carbons (Fsp3) is 0.306. The predicted molar refractivity (Wildman–Crippen MR) is 276 cm³/mol. The molecule has 0 aliphatic carbocycles. The Kier molecular flexibility index (Phi) is 17.6. The molecule has 0 aromatic heterocycles. The van der Waals surface area contributed by atoms with Crippen LogP contribution in [0.25, 0.3) is 0 Å². The average molecular weight is 985 g/mol. The predicted octanol–water partition coefficient (Wildman–Crippen LogP) is 11.7. The molecule has 0 saturated carbocycles. The number of phenols is 2. The number of hydrogen-bond donors (Lipinski definition) is 2. The van der Waals surface area contributed by atoms with Crippen LogP contribution in [0.2, 0.25) is 0 Å². The van der Waals surface area contributed by atoms with Gasteiger partial charge in [-0.2, -0.15) is 0 Å². The molecular formula is C62H64O11. The van der Waals surface area contributed by atoms with Crippen molar-refractivity contribution in [2.24, 2.45) is 0 Å². The molecule has 2 heterocycles. The van der Waals surface area contributed by atoms with Crippen molar-refractivity contribution < 1.29 is 52.9 Å². The summed E-state index contributed by atoms with van der Waals surface area (Å²) in [6.45, 7) is 6.42. The minimum atomic E-state index is -1.06. The smallest absolute Gasteiger partial charge is 0.167 e. The van der Waals surface area contributed by atoms with Gasteiger partial charge < -0.3 is 48.1 Å². The molecule has 7 aromatic rings. The lowest BCUT2D eigenvalue weighted by Crippen LogP contribution is -2.56. The van der Waals surface area contributed by atoms with Crippen LogP contribution < -0.4 is 0 Å². The molecule has 73 heavy (non-hydrogen) atoms. The normalized spacial score (nSPS) is 24.0.